The molecule has 2 rings (SSSR count). The van der Waals surface area contributed by atoms with E-state index in [2.05, 4.69) is 10.5 Å². The van der Waals surface area contributed by atoms with Gasteiger partial charge in [0.1, 0.15) is 5.75 Å². The van der Waals surface area contributed by atoms with E-state index in [-0.39, 0.29) is 12.5 Å². The van der Waals surface area contributed by atoms with Crippen LogP contribution in [0.25, 0.3) is 0 Å². The van der Waals surface area contributed by atoms with E-state index in [0.717, 1.165) is 11.1 Å². The van der Waals surface area contributed by atoms with Crippen molar-refractivity contribution in [3.8, 4) is 5.75 Å². The van der Waals surface area contributed by atoms with Crippen LogP contribution in [0.15, 0.2) is 53.6 Å². The summed E-state index contributed by atoms with van der Waals surface area (Å²) in [5.41, 5.74) is 5.05. The summed E-state index contributed by atoms with van der Waals surface area (Å²) in [6.07, 6.45) is 0. The van der Waals surface area contributed by atoms with Gasteiger partial charge in [-0.15, -0.1) is 0 Å². The summed E-state index contributed by atoms with van der Waals surface area (Å²) in [4.78, 5) is 11.8. The van der Waals surface area contributed by atoms with Crippen LogP contribution in [0, 0.1) is 6.92 Å². The molecule has 1 amide bonds. The Hall–Kier alpha value is -2.33. The molecule has 22 heavy (non-hydrogen) atoms. The van der Waals surface area contributed by atoms with Gasteiger partial charge >= 0.3 is 0 Å². The zero-order valence-electron chi connectivity index (χ0n) is 12.5. The maximum absolute atomic E-state index is 11.8. The SMILES string of the molecule is C/C(=N\NC(=O)COc1ccccc1C)c1ccc(Cl)cc1. The number of hydrogen-bond donors (Lipinski definition) is 1. The molecular weight excluding hydrogens is 300 g/mol. The lowest BCUT2D eigenvalue weighted by atomic mass is 10.1. The first-order valence-electron chi connectivity index (χ1n) is 6.84. The Morgan fingerprint density at radius 1 is 1.18 bits per heavy atom. The standard InChI is InChI=1S/C17H17ClN2O2/c1-12-5-3-4-6-16(12)22-11-17(21)20-19-13(2)14-7-9-15(18)10-8-14/h3-10H,11H2,1-2H3,(H,20,21)/b19-13+. The molecule has 114 valence electrons. The van der Waals surface area contributed by atoms with E-state index in [9.17, 15) is 4.79 Å². The van der Waals surface area contributed by atoms with Gasteiger partial charge < -0.3 is 4.74 Å². The first-order valence-corrected chi connectivity index (χ1v) is 7.21. The second-order valence-corrected chi connectivity index (χ2v) is 5.23. The molecule has 0 atom stereocenters. The maximum atomic E-state index is 11.8. The number of amides is 1. The number of halogens is 1. The van der Waals surface area contributed by atoms with Crippen LogP contribution in [0.2, 0.25) is 5.02 Å². The van der Waals surface area contributed by atoms with E-state index in [4.69, 9.17) is 16.3 Å². The van der Waals surface area contributed by atoms with Crippen molar-refractivity contribution in [3.63, 3.8) is 0 Å². The quantitative estimate of drug-likeness (QED) is 0.677. The van der Waals surface area contributed by atoms with Crippen LogP contribution in [-0.2, 0) is 4.79 Å². The highest BCUT2D eigenvalue weighted by atomic mass is 35.5. The highest BCUT2D eigenvalue weighted by Crippen LogP contribution is 2.15. The number of benzene rings is 2. The van der Waals surface area contributed by atoms with Crippen LogP contribution >= 0.6 is 11.6 Å². The summed E-state index contributed by atoms with van der Waals surface area (Å²) in [6.45, 7) is 3.66. The molecule has 4 nitrogen and oxygen atoms in total. The van der Waals surface area contributed by atoms with Crippen molar-refractivity contribution < 1.29 is 9.53 Å². The third-order valence-electron chi connectivity index (χ3n) is 3.06. The van der Waals surface area contributed by atoms with E-state index in [0.29, 0.717) is 16.5 Å². The molecule has 0 aromatic heterocycles. The summed E-state index contributed by atoms with van der Waals surface area (Å²) in [5.74, 6) is 0.382. The van der Waals surface area contributed by atoms with E-state index in [1.54, 1.807) is 12.1 Å². The van der Waals surface area contributed by atoms with Crippen LogP contribution < -0.4 is 10.2 Å². The smallest absolute Gasteiger partial charge is 0.277 e. The van der Waals surface area contributed by atoms with Crippen molar-refractivity contribution in [2.24, 2.45) is 5.10 Å². The molecule has 0 heterocycles. The number of para-hydroxylation sites is 1. The van der Waals surface area contributed by atoms with Gasteiger partial charge in [0.2, 0.25) is 0 Å². The molecule has 1 N–H and O–H groups in total. The molecule has 0 aliphatic rings. The maximum Gasteiger partial charge on any atom is 0.277 e. The van der Waals surface area contributed by atoms with Gasteiger partial charge in [-0.05, 0) is 43.2 Å². The molecule has 5 heteroatoms. The number of carbonyl (C=O) groups is 1. The summed E-state index contributed by atoms with van der Waals surface area (Å²) >= 11 is 5.83. The molecule has 0 unspecified atom stereocenters. The third kappa shape index (κ3) is 4.60. The Morgan fingerprint density at radius 3 is 2.55 bits per heavy atom. The van der Waals surface area contributed by atoms with Gasteiger partial charge in [-0.25, -0.2) is 5.43 Å². The van der Waals surface area contributed by atoms with E-state index in [1.165, 1.54) is 0 Å². The Labute approximate surface area is 134 Å². The van der Waals surface area contributed by atoms with E-state index >= 15 is 0 Å². The van der Waals surface area contributed by atoms with Crippen molar-refractivity contribution in [1.82, 2.24) is 5.43 Å². The Bertz CT molecular complexity index is 681. The predicted octanol–water partition coefficient (Wildman–Crippen LogP) is 3.57. The van der Waals surface area contributed by atoms with E-state index < -0.39 is 0 Å². The number of hydrogen-bond acceptors (Lipinski definition) is 3. The minimum atomic E-state index is -0.309. The Morgan fingerprint density at radius 2 is 1.86 bits per heavy atom. The summed E-state index contributed by atoms with van der Waals surface area (Å²) < 4.78 is 5.45. The second-order valence-electron chi connectivity index (χ2n) is 4.79. The number of nitrogens with one attached hydrogen (secondary N) is 1. The predicted molar refractivity (Wildman–Crippen MR) is 88.5 cm³/mol. The number of ether oxygens (including phenoxy) is 1. The average molecular weight is 317 g/mol. The molecule has 0 aliphatic heterocycles. The molecule has 2 aromatic rings. The zero-order chi connectivity index (χ0) is 15.9. The lowest BCUT2D eigenvalue weighted by Gasteiger charge is -2.08. The van der Waals surface area contributed by atoms with Gasteiger partial charge in [-0.2, -0.15) is 5.10 Å². The van der Waals surface area contributed by atoms with Crippen molar-refractivity contribution in [1.29, 1.82) is 0 Å². The number of carbonyl (C=O) groups excluding carboxylic acids is 1. The highest BCUT2D eigenvalue weighted by molar-refractivity contribution is 6.30. The number of nitrogens with zero attached hydrogens (tertiary/aromatic N) is 1. The monoisotopic (exact) mass is 316 g/mol. The van der Waals surface area contributed by atoms with Crippen LogP contribution in [0.4, 0.5) is 0 Å². The summed E-state index contributed by atoms with van der Waals surface area (Å²) in [6, 6.07) is 14.8. The third-order valence-corrected chi connectivity index (χ3v) is 3.31. The average Bonchev–Trinajstić information content (AvgIpc) is 2.52. The number of rotatable bonds is 5. The molecule has 2 aromatic carbocycles. The normalized spacial score (nSPS) is 11.1. The zero-order valence-corrected chi connectivity index (χ0v) is 13.2. The van der Waals surface area contributed by atoms with Crippen LogP contribution in [0.5, 0.6) is 5.75 Å². The first-order chi connectivity index (χ1) is 10.6. The second kappa shape index (κ2) is 7.61. The largest absolute Gasteiger partial charge is 0.483 e. The lowest BCUT2D eigenvalue weighted by molar-refractivity contribution is -0.123. The number of aryl methyl sites for hydroxylation is 1. The molecule has 0 bridgehead atoms. The Kier molecular flexibility index (Phi) is 5.55. The fraction of sp³-hybridized carbons (Fsp3) is 0.176. The Balaban J connectivity index is 1.88. The fourth-order valence-electron chi connectivity index (χ4n) is 1.80. The molecule has 0 spiro atoms. The van der Waals surface area contributed by atoms with Crippen molar-refractivity contribution in [3.05, 3.63) is 64.7 Å². The summed E-state index contributed by atoms with van der Waals surface area (Å²) in [7, 11) is 0. The van der Waals surface area contributed by atoms with Gasteiger partial charge in [-0.3, -0.25) is 4.79 Å². The van der Waals surface area contributed by atoms with Crippen LogP contribution in [0.1, 0.15) is 18.1 Å². The minimum absolute atomic E-state index is 0.0811. The minimum Gasteiger partial charge on any atom is -0.483 e. The summed E-state index contributed by atoms with van der Waals surface area (Å²) in [5, 5.41) is 4.71. The van der Waals surface area contributed by atoms with Crippen LogP contribution in [-0.4, -0.2) is 18.2 Å². The van der Waals surface area contributed by atoms with Gasteiger partial charge in [0.15, 0.2) is 6.61 Å². The van der Waals surface area contributed by atoms with Crippen molar-refractivity contribution >= 4 is 23.2 Å². The van der Waals surface area contributed by atoms with E-state index in [1.807, 2.05) is 50.2 Å². The van der Waals surface area contributed by atoms with Gasteiger partial charge in [0, 0.05) is 5.02 Å². The molecule has 0 aliphatic carbocycles. The fourth-order valence-corrected chi connectivity index (χ4v) is 1.92. The number of hydrazone groups is 1. The first kappa shape index (κ1) is 16.0. The molecule has 0 saturated heterocycles. The van der Waals surface area contributed by atoms with Gasteiger partial charge in [0.25, 0.3) is 5.91 Å². The molecule has 0 radical (unpaired) electrons. The van der Waals surface area contributed by atoms with Crippen LogP contribution in [0.3, 0.4) is 0 Å². The van der Waals surface area contributed by atoms with Gasteiger partial charge in [0.05, 0.1) is 5.71 Å². The van der Waals surface area contributed by atoms with Crippen molar-refractivity contribution in [2.45, 2.75) is 13.8 Å². The molecule has 0 fully saturated rings. The van der Waals surface area contributed by atoms with Gasteiger partial charge in [-0.1, -0.05) is 41.9 Å². The molecular formula is C17H17ClN2O2. The topological polar surface area (TPSA) is 50.7 Å². The molecule has 0 saturated carbocycles. The lowest BCUT2D eigenvalue weighted by Crippen LogP contribution is -2.25. The highest BCUT2D eigenvalue weighted by Gasteiger charge is 2.04. The van der Waals surface area contributed by atoms with Crippen molar-refractivity contribution in [2.75, 3.05) is 6.61 Å².